The quantitative estimate of drug-likeness (QED) is 0.244. The number of guanidine groups is 1. The van der Waals surface area contributed by atoms with E-state index in [4.69, 9.17) is 0 Å². The molecule has 0 bridgehead atoms. The third-order valence-corrected chi connectivity index (χ3v) is 6.03. The third-order valence-electron chi connectivity index (χ3n) is 6.03. The Labute approximate surface area is 203 Å². The van der Waals surface area contributed by atoms with Crippen LogP contribution in [0.15, 0.2) is 71.7 Å². The van der Waals surface area contributed by atoms with Gasteiger partial charge in [-0.25, -0.2) is 0 Å². The van der Waals surface area contributed by atoms with E-state index in [1.54, 1.807) is 0 Å². The molecule has 2 aromatic rings. The summed E-state index contributed by atoms with van der Waals surface area (Å²) >= 11 is 0. The molecule has 4 rings (SSSR count). The number of aliphatic imine (C=N–C) groups is 1. The fourth-order valence-electron chi connectivity index (χ4n) is 4.30. The van der Waals surface area contributed by atoms with E-state index >= 15 is 0 Å². The summed E-state index contributed by atoms with van der Waals surface area (Å²) in [6.07, 6.45) is 7.02. The van der Waals surface area contributed by atoms with Crippen LogP contribution in [0.3, 0.4) is 0 Å². The fourth-order valence-corrected chi connectivity index (χ4v) is 4.30. The number of nitrogens with one attached hydrogen (secondary N) is 2. The smallest absolute Gasteiger partial charge is 0.191 e. The summed E-state index contributed by atoms with van der Waals surface area (Å²) in [5.74, 6) is 0.850. The Morgan fingerprint density at radius 2 is 1.61 bits per heavy atom. The van der Waals surface area contributed by atoms with Gasteiger partial charge in [-0.15, -0.1) is 24.0 Å². The van der Waals surface area contributed by atoms with Crippen molar-refractivity contribution < 1.29 is 0 Å². The minimum atomic E-state index is 0. The lowest BCUT2D eigenvalue weighted by Gasteiger charge is -2.29. The van der Waals surface area contributed by atoms with Crippen molar-refractivity contribution in [3.05, 3.63) is 77.9 Å². The minimum Gasteiger partial charge on any atom is -0.364 e. The molecular formula is C25H34IN5. The number of halogens is 1. The van der Waals surface area contributed by atoms with Gasteiger partial charge in [0.25, 0.3) is 0 Å². The minimum absolute atomic E-state index is 0. The normalized spacial score (nSPS) is 17.5. The number of nitrogens with zero attached hydrogens (tertiary/aromatic N) is 3. The van der Waals surface area contributed by atoms with E-state index in [9.17, 15) is 0 Å². The molecule has 1 atom stereocenters. The molecule has 2 aliphatic heterocycles. The summed E-state index contributed by atoms with van der Waals surface area (Å²) in [5, 5.41) is 7.02. The van der Waals surface area contributed by atoms with Gasteiger partial charge >= 0.3 is 0 Å². The van der Waals surface area contributed by atoms with Crippen molar-refractivity contribution in [2.45, 2.75) is 25.4 Å². The van der Waals surface area contributed by atoms with Crippen LogP contribution in [0.4, 0.5) is 5.69 Å². The zero-order valence-electron chi connectivity index (χ0n) is 18.3. The van der Waals surface area contributed by atoms with Crippen molar-refractivity contribution in [2.75, 3.05) is 44.7 Å². The Hall–Kier alpha value is -2.06. The Bertz CT molecular complexity index is 836. The Morgan fingerprint density at radius 3 is 2.26 bits per heavy atom. The average Bonchev–Trinajstić information content (AvgIpc) is 3.52. The van der Waals surface area contributed by atoms with E-state index in [0.717, 1.165) is 32.1 Å². The zero-order chi connectivity index (χ0) is 20.6. The van der Waals surface area contributed by atoms with Crippen LogP contribution in [0, 0.1) is 0 Å². The first kappa shape index (κ1) is 23.6. The average molecular weight is 531 g/mol. The second-order valence-corrected chi connectivity index (χ2v) is 8.02. The van der Waals surface area contributed by atoms with Gasteiger partial charge in [0, 0.05) is 38.9 Å². The predicted octanol–water partition coefficient (Wildman–Crippen LogP) is 4.18. The molecule has 2 heterocycles. The molecule has 0 radical (unpaired) electrons. The molecule has 2 N–H and O–H groups in total. The van der Waals surface area contributed by atoms with E-state index in [0.29, 0.717) is 6.04 Å². The zero-order valence-corrected chi connectivity index (χ0v) is 20.7. The van der Waals surface area contributed by atoms with Crippen molar-refractivity contribution in [1.82, 2.24) is 15.5 Å². The van der Waals surface area contributed by atoms with Gasteiger partial charge in [0.05, 0.1) is 6.04 Å². The van der Waals surface area contributed by atoms with Crippen LogP contribution in [-0.2, 0) is 6.54 Å². The topological polar surface area (TPSA) is 42.9 Å². The van der Waals surface area contributed by atoms with E-state index < -0.39 is 0 Å². The van der Waals surface area contributed by atoms with E-state index in [-0.39, 0.29) is 24.0 Å². The first-order valence-electron chi connectivity index (χ1n) is 11.1. The Balaban J connectivity index is 0.00000272. The Kier molecular flexibility index (Phi) is 9.21. The van der Waals surface area contributed by atoms with E-state index in [1.807, 2.05) is 7.05 Å². The molecule has 31 heavy (non-hydrogen) atoms. The van der Waals surface area contributed by atoms with Crippen molar-refractivity contribution in [3.63, 3.8) is 0 Å². The van der Waals surface area contributed by atoms with Gasteiger partial charge < -0.3 is 15.5 Å². The number of rotatable bonds is 7. The molecule has 1 fully saturated rings. The maximum Gasteiger partial charge on any atom is 0.191 e. The van der Waals surface area contributed by atoms with Gasteiger partial charge in [0.15, 0.2) is 5.96 Å². The molecule has 1 unspecified atom stereocenters. The monoisotopic (exact) mass is 531 g/mol. The molecule has 2 aliphatic rings. The number of hydrogen-bond donors (Lipinski definition) is 2. The summed E-state index contributed by atoms with van der Waals surface area (Å²) in [6, 6.07) is 20.0. The van der Waals surface area contributed by atoms with Gasteiger partial charge in [-0.1, -0.05) is 54.6 Å². The second-order valence-electron chi connectivity index (χ2n) is 8.02. The number of benzene rings is 2. The van der Waals surface area contributed by atoms with Gasteiger partial charge in [-0.2, -0.15) is 0 Å². The van der Waals surface area contributed by atoms with Crippen LogP contribution >= 0.6 is 24.0 Å². The molecular weight excluding hydrogens is 497 g/mol. The lowest BCUT2D eigenvalue weighted by molar-refractivity contribution is 0.245. The highest BCUT2D eigenvalue weighted by molar-refractivity contribution is 14.0. The lowest BCUT2D eigenvalue weighted by Crippen LogP contribution is -2.42. The standard InChI is InChI=1S/C25H33N5.HI/c1-26-25(27-19-21-11-13-23(14-12-21)29-15-5-6-16-29)28-20-24(30-17-7-8-18-30)22-9-3-2-4-10-22;/h2-6,9-14,24H,7-8,15-20H2,1H3,(H2,26,27,28);1H. The van der Waals surface area contributed by atoms with Crippen molar-refractivity contribution in [1.29, 1.82) is 0 Å². The first-order valence-corrected chi connectivity index (χ1v) is 11.1. The van der Waals surface area contributed by atoms with Crippen LogP contribution in [0.2, 0.25) is 0 Å². The van der Waals surface area contributed by atoms with Crippen molar-refractivity contribution >= 4 is 35.6 Å². The second kappa shape index (κ2) is 12.1. The van der Waals surface area contributed by atoms with Crippen molar-refractivity contribution in [2.24, 2.45) is 4.99 Å². The molecule has 0 amide bonds. The number of hydrogen-bond acceptors (Lipinski definition) is 3. The maximum atomic E-state index is 4.44. The van der Waals surface area contributed by atoms with Gasteiger partial charge in [-0.3, -0.25) is 9.89 Å². The molecule has 166 valence electrons. The lowest BCUT2D eigenvalue weighted by atomic mass is 10.1. The highest BCUT2D eigenvalue weighted by Gasteiger charge is 2.23. The molecule has 0 saturated carbocycles. The van der Waals surface area contributed by atoms with Crippen molar-refractivity contribution in [3.8, 4) is 0 Å². The predicted molar refractivity (Wildman–Crippen MR) is 141 cm³/mol. The molecule has 0 aliphatic carbocycles. The SMILES string of the molecule is CN=C(NCc1ccc(N2CC=CC2)cc1)NCC(c1ccccc1)N1CCCC1.I. The highest BCUT2D eigenvalue weighted by atomic mass is 127. The van der Waals surface area contributed by atoms with Crippen LogP contribution in [0.25, 0.3) is 0 Å². The fraction of sp³-hybridized carbons (Fsp3) is 0.400. The molecule has 0 aromatic heterocycles. The summed E-state index contributed by atoms with van der Waals surface area (Å²) < 4.78 is 0. The highest BCUT2D eigenvalue weighted by Crippen LogP contribution is 2.24. The van der Waals surface area contributed by atoms with Gasteiger partial charge in [0.2, 0.25) is 0 Å². The maximum absolute atomic E-state index is 4.44. The van der Waals surface area contributed by atoms with E-state index in [1.165, 1.54) is 42.7 Å². The van der Waals surface area contributed by atoms with Crippen LogP contribution in [0.5, 0.6) is 0 Å². The summed E-state index contributed by atoms with van der Waals surface area (Å²) in [5.41, 5.74) is 3.91. The summed E-state index contributed by atoms with van der Waals surface area (Å²) in [4.78, 5) is 9.38. The van der Waals surface area contributed by atoms with Crippen LogP contribution in [0.1, 0.15) is 30.0 Å². The molecule has 1 saturated heterocycles. The van der Waals surface area contributed by atoms with E-state index in [2.05, 4.69) is 92.2 Å². The molecule has 5 nitrogen and oxygen atoms in total. The molecule has 6 heteroatoms. The molecule has 2 aromatic carbocycles. The van der Waals surface area contributed by atoms with Gasteiger partial charge in [0.1, 0.15) is 0 Å². The first-order chi connectivity index (χ1) is 14.8. The van der Waals surface area contributed by atoms with Crippen LogP contribution in [-0.4, -0.2) is 50.6 Å². The third kappa shape index (κ3) is 6.46. The van der Waals surface area contributed by atoms with Crippen LogP contribution < -0.4 is 15.5 Å². The Morgan fingerprint density at radius 1 is 0.935 bits per heavy atom. The van der Waals surface area contributed by atoms with Gasteiger partial charge in [-0.05, 0) is 49.2 Å². The molecule has 0 spiro atoms. The largest absolute Gasteiger partial charge is 0.364 e. The summed E-state index contributed by atoms with van der Waals surface area (Å²) in [6.45, 7) is 5.97. The summed E-state index contributed by atoms with van der Waals surface area (Å²) in [7, 11) is 1.84. The number of likely N-dealkylation sites (tertiary alicyclic amines) is 1. The number of anilines is 1.